The number of nitrogens with one attached hydrogen (secondary N) is 1. The number of rotatable bonds is 4. The van der Waals surface area contributed by atoms with Gasteiger partial charge in [0.15, 0.2) is 0 Å². The van der Waals surface area contributed by atoms with Crippen LogP contribution >= 0.6 is 0 Å². The lowest BCUT2D eigenvalue weighted by atomic mass is 10.1. The molecule has 3 rings (SSSR count). The molecule has 104 valence electrons. The zero-order valence-corrected chi connectivity index (χ0v) is 11.5. The van der Waals surface area contributed by atoms with Gasteiger partial charge < -0.3 is 14.6 Å². The van der Waals surface area contributed by atoms with Crippen molar-refractivity contribution in [3.63, 3.8) is 0 Å². The molecule has 1 fully saturated rings. The topological polar surface area (TPSA) is 50.0 Å². The van der Waals surface area contributed by atoms with E-state index in [9.17, 15) is 0 Å². The minimum atomic E-state index is 0.593. The number of aromatic nitrogens is 1. The van der Waals surface area contributed by atoms with Crippen molar-refractivity contribution in [3.05, 3.63) is 36.0 Å². The van der Waals surface area contributed by atoms with Gasteiger partial charge in [-0.15, -0.1) is 0 Å². The highest BCUT2D eigenvalue weighted by atomic mass is 16.5. The quantitative estimate of drug-likeness (QED) is 0.926. The number of nitriles is 1. The van der Waals surface area contributed by atoms with Gasteiger partial charge in [0.1, 0.15) is 0 Å². The van der Waals surface area contributed by atoms with Crippen molar-refractivity contribution in [3.8, 4) is 6.07 Å². The Bertz CT molecular complexity index is 620. The van der Waals surface area contributed by atoms with Gasteiger partial charge in [0, 0.05) is 49.4 Å². The number of ether oxygens (including phenoxy) is 1. The molecule has 0 atom stereocenters. The molecule has 4 nitrogen and oxygen atoms in total. The monoisotopic (exact) mass is 269 g/mol. The van der Waals surface area contributed by atoms with Gasteiger partial charge in [-0.3, -0.25) is 0 Å². The minimum Gasteiger partial charge on any atom is -0.381 e. The molecule has 1 aromatic heterocycles. The Hall–Kier alpha value is -1.83. The molecule has 0 saturated carbocycles. The molecule has 20 heavy (non-hydrogen) atoms. The average molecular weight is 269 g/mol. The molecule has 0 radical (unpaired) electrons. The molecule has 2 aromatic rings. The highest BCUT2D eigenvalue weighted by Gasteiger charge is 2.12. The molecule has 4 heteroatoms. The lowest BCUT2D eigenvalue weighted by Crippen LogP contribution is -2.36. The fourth-order valence-corrected chi connectivity index (χ4v) is 2.76. The number of hydrogen-bond acceptors (Lipinski definition) is 3. The van der Waals surface area contributed by atoms with Crippen LogP contribution in [0.1, 0.15) is 18.4 Å². The summed E-state index contributed by atoms with van der Waals surface area (Å²) in [4.78, 5) is 0. The molecular weight excluding hydrogens is 250 g/mol. The summed E-state index contributed by atoms with van der Waals surface area (Å²) in [5.41, 5.74) is 1.91. The number of fused-ring (bicyclic) bond motifs is 1. The Morgan fingerprint density at radius 1 is 1.30 bits per heavy atom. The summed E-state index contributed by atoms with van der Waals surface area (Å²) in [5.74, 6) is 0. The first-order valence-electron chi connectivity index (χ1n) is 7.17. The van der Waals surface area contributed by atoms with Crippen molar-refractivity contribution in [2.75, 3.05) is 19.8 Å². The summed E-state index contributed by atoms with van der Waals surface area (Å²) in [7, 11) is 0. The van der Waals surface area contributed by atoms with E-state index in [1.165, 1.54) is 5.52 Å². The Balaban J connectivity index is 1.61. The largest absolute Gasteiger partial charge is 0.381 e. The molecule has 2 heterocycles. The minimum absolute atomic E-state index is 0.593. The molecule has 0 amide bonds. The maximum Gasteiger partial charge on any atom is 0.0991 e. The first kappa shape index (κ1) is 13.2. The Morgan fingerprint density at radius 2 is 2.15 bits per heavy atom. The third-order valence-corrected chi connectivity index (χ3v) is 3.91. The predicted molar refractivity (Wildman–Crippen MR) is 78.5 cm³/mol. The van der Waals surface area contributed by atoms with Crippen LogP contribution in [0.25, 0.3) is 10.9 Å². The molecular formula is C16H19N3O. The van der Waals surface area contributed by atoms with E-state index in [0.29, 0.717) is 6.04 Å². The molecule has 0 aliphatic carbocycles. The molecule has 1 aliphatic rings. The smallest absolute Gasteiger partial charge is 0.0991 e. The van der Waals surface area contributed by atoms with Gasteiger partial charge >= 0.3 is 0 Å². The summed E-state index contributed by atoms with van der Waals surface area (Å²) in [6, 6.07) is 10.7. The second-order valence-electron chi connectivity index (χ2n) is 5.24. The van der Waals surface area contributed by atoms with Crippen LogP contribution in [0.3, 0.4) is 0 Å². The van der Waals surface area contributed by atoms with E-state index in [0.717, 1.165) is 50.1 Å². The van der Waals surface area contributed by atoms with E-state index >= 15 is 0 Å². The molecule has 1 saturated heterocycles. The zero-order chi connectivity index (χ0) is 13.8. The standard InChI is InChI=1S/C16H19N3O/c17-12-13-1-2-16-14(11-13)3-7-19(16)8-6-18-15-4-9-20-10-5-15/h1-3,7,11,15,18H,4-6,8-10H2. The summed E-state index contributed by atoms with van der Waals surface area (Å²) in [6.07, 6.45) is 4.31. The Morgan fingerprint density at radius 3 is 2.95 bits per heavy atom. The van der Waals surface area contributed by atoms with Crippen molar-refractivity contribution in [2.24, 2.45) is 0 Å². The van der Waals surface area contributed by atoms with E-state index in [2.05, 4.69) is 28.2 Å². The van der Waals surface area contributed by atoms with Crippen LogP contribution in [0.15, 0.2) is 30.5 Å². The van der Waals surface area contributed by atoms with Crippen LogP contribution in [0.5, 0.6) is 0 Å². The lowest BCUT2D eigenvalue weighted by molar-refractivity contribution is 0.0779. The summed E-state index contributed by atoms with van der Waals surface area (Å²) in [5, 5.41) is 13.6. The molecule has 1 aliphatic heterocycles. The van der Waals surface area contributed by atoms with Crippen molar-refractivity contribution in [1.82, 2.24) is 9.88 Å². The summed E-state index contributed by atoms with van der Waals surface area (Å²) >= 11 is 0. The number of hydrogen-bond donors (Lipinski definition) is 1. The second kappa shape index (κ2) is 6.08. The average Bonchev–Trinajstić information content (AvgIpc) is 2.91. The van der Waals surface area contributed by atoms with E-state index in [1.54, 1.807) is 0 Å². The Labute approximate surface area is 119 Å². The van der Waals surface area contributed by atoms with Crippen molar-refractivity contribution < 1.29 is 4.74 Å². The van der Waals surface area contributed by atoms with Crippen molar-refractivity contribution >= 4 is 10.9 Å². The summed E-state index contributed by atoms with van der Waals surface area (Å²) < 4.78 is 7.60. The fourth-order valence-electron chi connectivity index (χ4n) is 2.76. The molecule has 0 spiro atoms. The Kier molecular flexibility index (Phi) is 4.00. The van der Waals surface area contributed by atoms with Crippen LogP contribution in [0.2, 0.25) is 0 Å². The van der Waals surface area contributed by atoms with Gasteiger partial charge in [-0.05, 0) is 37.1 Å². The molecule has 0 unspecified atom stereocenters. The predicted octanol–water partition coefficient (Wildman–Crippen LogP) is 2.28. The zero-order valence-electron chi connectivity index (χ0n) is 11.5. The molecule has 0 bridgehead atoms. The summed E-state index contributed by atoms with van der Waals surface area (Å²) in [6.45, 7) is 3.67. The third kappa shape index (κ3) is 2.84. The number of nitrogens with zero attached hydrogens (tertiary/aromatic N) is 2. The van der Waals surface area contributed by atoms with Crippen LogP contribution in [0.4, 0.5) is 0 Å². The van der Waals surface area contributed by atoms with Crippen LogP contribution < -0.4 is 5.32 Å². The first-order valence-corrected chi connectivity index (χ1v) is 7.17. The van der Waals surface area contributed by atoms with Crippen LogP contribution in [-0.2, 0) is 11.3 Å². The lowest BCUT2D eigenvalue weighted by Gasteiger charge is -2.23. The van der Waals surface area contributed by atoms with Crippen LogP contribution in [0, 0.1) is 11.3 Å². The van der Waals surface area contributed by atoms with E-state index in [-0.39, 0.29) is 0 Å². The highest BCUT2D eigenvalue weighted by molar-refractivity contribution is 5.81. The van der Waals surface area contributed by atoms with Gasteiger partial charge in [-0.2, -0.15) is 5.26 Å². The fraction of sp³-hybridized carbons (Fsp3) is 0.438. The van der Waals surface area contributed by atoms with Gasteiger partial charge in [0.05, 0.1) is 11.6 Å². The van der Waals surface area contributed by atoms with Gasteiger partial charge in [-0.25, -0.2) is 0 Å². The maximum atomic E-state index is 8.91. The van der Waals surface area contributed by atoms with Crippen molar-refractivity contribution in [1.29, 1.82) is 5.26 Å². The van der Waals surface area contributed by atoms with Gasteiger partial charge in [0.25, 0.3) is 0 Å². The van der Waals surface area contributed by atoms with E-state index in [4.69, 9.17) is 10.00 Å². The maximum absolute atomic E-state index is 8.91. The van der Waals surface area contributed by atoms with Crippen LogP contribution in [-0.4, -0.2) is 30.4 Å². The molecule has 1 aromatic carbocycles. The van der Waals surface area contributed by atoms with Gasteiger partial charge in [0.2, 0.25) is 0 Å². The third-order valence-electron chi connectivity index (χ3n) is 3.91. The highest BCUT2D eigenvalue weighted by Crippen LogP contribution is 2.17. The SMILES string of the molecule is N#Cc1ccc2c(ccn2CCNC2CCOCC2)c1. The normalized spacial score (nSPS) is 16.4. The van der Waals surface area contributed by atoms with Gasteiger partial charge in [-0.1, -0.05) is 0 Å². The van der Waals surface area contributed by atoms with Crippen molar-refractivity contribution in [2.45, 2.75) is 25.4 Å². The number of benzene rings is 1. The van der Waals surface area contributed by atoms with E-state index in [1.807, 2.05) is 18.2 Å². The van der Waals surface area contributed by atoms with E-state index < -0.39 is 0 Å². The first-order chi connectivity index (χ1) is 9.86. The second-order valence-corrected chi connectivity index (χ2v) is 5.24. The molecule has 1 N–H and O–H groups in total.